The summed E-state index contributed by atoms with van der Waals surface area (Å²) in [6.07, 6.45) is 0.347. The van der Waals surface area contributed by atoms with Gasteiger partial charge in [-0.25, -0.2) is 4.98 Å². The first kappa shape index (κ1) is 20.3. The van der Waals surface area contributed by atoms with Gasteiger partial charge in [-0.05, 0) is 24.1 Å². The van der Waals surface area contributed by atoms with Crippen molar-refractivity contribution in [2.24, 2.45) is 0 Å². The molecule has 1 aromatic carbocycles. The summed E-state index contributed by atoms with van der Waals surface area (Å²) in [6.45, 7) is 6.97. The molecule has 6 nitrogen and oxygen atoms in total. The van der Waals surface area contributed by atoms with E-state index in [2.05, 4.69) is 9.88 Å². The van der Waals surface area contributed by atoms with Crippen LogP contribution < -0.4 is 10.5 Å². The largest absolute Gasteiger partial charge is 0.368 e. The van der Waals surface area contributed by atoms with E-state index < -0.39 is 0 Å². The Morgan fingerprint density at radius 1 is 1.24 bits per heavy atom. The topological polar surface area (TPSA) is 58.4 Å². The Morgan fingerprint density at radius 2 is 2.00 bits per heavy atom. The van der Waals surface area contributed by atoms with E-state index in [9.17, 15) is 9.59 Å². The smallest absolute Gasteiger partial charge is 0.254 e. The minimum atomic E-state index is -0.116. The lowest BCUT2D eigenvalue weighted by molar-refractivity contribution is -0.132. The Morgan fingerprint density at radius 3 is 2.69 bits per heavy atom. The fraction of sp³-hybridized carbons (Fsp3) is 0.476. The van der Waals surface area contributed by atoms with Gasteiger partial charge in [-0.3, -0.25) is 14.2 Å². The molecule has 0 radical (unpaired) electrons. The Kier molecular flexibility index (Phi) is 5.88. The number of carbonyl (C=O) groups excluding carboxylic acids is 1. The van der Waals surface area contributed by atoms with E-state index in [4.69, 9.17) is 11.6 Å². The number of amides is 1. The minimum absolute atomic E-state index is 0.0488. The van der Waals surface area contributed by atoms with Crippen molar-refractivity contribution in [3.05, 3.63) is 51.4 Å². The summed E-state index contributed by atoms with van der Waals surface area (Å²) < 4.78 is 1.71. The molecule has 1 atom stereocenters. The highest BCUT2D eigenvalue weighted by molar-refractivity contribution is 7.99. The molecule has 1 aromatic heterocycles. The number of anilines is 1. The predicted molar refractivity (Wildman–Crippen MR) is 117 cm³/mol. The molecule has 0 N–H and O–H groups in total. The lowest BCUT2D eigenvalue weighted by Crippen LogP contribution is -2.49. The maximum atomic E-state index is 12.9. The molecule has 8 heteroatoms. The van der Waals surface area contributed by atoms with Gasteiger partial charge in [-0.15, -0.1) is 0 Å². The maximum absolute atomic E-state index is 12.9. The number of nitrogens with zero attached hydrogens (tertiary/aromatic N) is 4. The molecule has 1 amide bonds. The highest BCUT2D eigenvalue weighted by Gasteiger charge is 2.30. The summed E-state index contributed by atoms with van der Waals surface area (Å²) in [4.78, 5) is 34.3. The fourth-order valence-electron chi connectivity index (χ4n) is 3.83. The van der Waals surface area contributed by atoms with Crippen LogP contribution in [0, 0.1) is 0 Å². The third-order valence-electron chi connectivity index (χ3n) is 5.52. The van der Waals surface area contributed by atoms with Gasteiger partial charge >= 0.3 is 0 Å². The van der Waals surface area contributed by atoms with Gasteiger partial charge in [0.1, 0.15) is 0 Å². The van der Waals surface area contributed by atoms with E-state index in [1.807, 2.05) is 43.0 Å². The van der Waals surface area contributed by atoms with Crippen LogP contribution in [0.2, 0.25) is 5.02 Å². The number of aromatic nitrogens is 2. The van der Waals surface area contributed by atoms with Crippen molar-refractivity contribution in [1.29, 1.82) is 0 Å². The van der Waals surface area contributed by atoms with Crippen molar-refractivity contribution in [2.75, 3.05) is 36.8 Å². The van der Waals surface area contributed by atoms with Crippen molar-refractivity contribution < 1.29 is 4.79 Å². The minimum Gasteiger partial charge on any atom is -0.368 e. The first-order chi connectivity index (χ1) is 13.9. The number of piperazine rings is 1. The monoisotopic (exact) mass is 432 g/mol. The van der Waals surface area contributed by atoms with Crippen molar-refractivity contribution in [3.63, 3.8) is 0 Å². The van der Waals surface area contributed by atoms with Crippen LogP contribution in [0.4, 0.5) is 5.69 Å². The number of thioether (sulfide) groups is 1. The summed E-state index contributed by atoms with van der Waals surface area (Å²) in [5, 5.41) is 1.46. The summed E-state index contributed by atoms with van der Waals surface area (Å²) >= 11 is 7.66. The zero-order valence-corrected chi connectivity index (χ0v) is 18.2. The molecular weight excluding hydrogens is 408 g/mol. The molecule has 2 aliphatic heterocycles. The Balaban J connectivity index is 1.39. The summed E-state index contributed by atoms with van der Waals surface area (Å²) in [5.74, 6) is 1.04. The summed E-state index contributed by atoms with van der Waals surface area (Å²) in [6, 6.07) is 9.30. The zero-order chi connectivity index (χ0) is 20.5. The number of hydrogen-bond acceptors (Lipinski definition) is 5. The standard InChI is InChI=1S/C21H25ClN4O2S/c1-14(2)18-12-20(28)26-17(13-29-21(26)23-18)11-19(27)25-8-6-24(7-9-25)16-5-3-4-15(22)10-16/h3-5,10,12,14,17H,6-9,11,13H2,1-2H3/t17-/m0/s1. The molecule has 2 aliphatic rings. The van der Waals surface area contributed by atoms with Gasteiger partial charge in [-0.2, -0.15) is 0 Å². The van der Waals surface area contributed by atoms with E-state index in [-0.39, 0.29) is 23.4 Å². The molecule has 4 rings (SSSR count). The number of benzene rings is 1. The number of carbonyl (C=O) groups is 1. The lowest BCUT2D eigenvalue weighted by atomic mass is 10.1. The SMILES string of the molecule is CC(C)c1cc(=O)n2c(n1)SC[C@@H]2CC(=O)N1CCN(c2cccc(Cl)c2)CC1. The van der Waals surface area contributed by atoms with Gasteiger partial charge in [-0.1, -0.05) is 43.3 Å². The van der Waals surface area contributed by atoms with Crippen molar-refractivity contribution in [3.8, 4) is 0 Å². The number of rotatable bonds is 4. The van der Waals surface area contributed by atoms with E-state index in [1.165, 1.54) is 0 Å². The van der Waals surface area contributed by atoms with Crippen LogP contribution in [0.25, 0.3) is 0 Å². The van der Waals surface area contributed by atoms with E-state index >= 15 is 0 Å². The third kappa shape index (κ3) is 4.31. The van der Waals surface area contributed by atoms with Gasteiger partial charge < -0.3 is 9.80 Å². The predicted octanol–water partition coefficient (Wildman–Crippen LogP) is 3.41. The Labute approximate surface area is 179 Å². The Hall–Kier alpha value is -1.99. The molecule has 0 bridgehead atoms. The van der Waals surface area contributed by atoms with Gasteiger partial charge in [0.05, 0.1) is 11.7 Å². The van der Waals surface area contributed by atoms with Crippen molar-refractivity contribution in [1.82, 2.24) is 14.5 Å². The van der Waals surface area contributed by atoms with Gasteiger partial charge in [0.15, 0.2) is 5.16 Å². The van der Waals surface area contributed by atoms with Gasteiger partial charge in [0.25, 0.3) is 5.56 Å². The average Bonchev–Trinajstić information content (AvgIpc) is 3.11. The second-order valence-electron chi connectivity index (χ2n) is 7.84. The van der Waals surface area contributed by atoms with E-state index in [0.717, 1.165) is 40.4 Å². The molecule has 154 valence electrons. The third-order valence-corrected chi connectivity index (χ3v) is 6.85. The molecule has 1 saturated heterocycles. The van der Waals surface area contributed by atoms with Gasteiger partial charge in [0.2, 0.25) is 5.91 Å². The molecule has 3 heterocycles. The first-order valence-corrected chi connectivity index (χ1v) is 11.3. The molecule has 29 heavy (non-hydrogen) atoms. The number of halogens is 1. The van der Waals surface area contributed by atoms with E-state index in [1.54, 1.807) is 22.4 Å². The summed E-state index contributed by atoms with van der Waals surface area (Å²) in [7, 11) is 0. The molecule has 2 aromatic rings. The molecule has 0 spiro atoms. The van der Waals surface area contributed by atoms with E-state index in [0.29, 0.717) is 19.5 Å². The summed E-state index contributed by atoms with van der Waals surface area (Å²) in [5.41, 5.74) is 1.86. The second-order valence-corrected chi connectivity index (χ2v) is 9.27. The quantitative estimate of drug-likeness (QED) is 0.693. The zero-order valence-electron chi connectivity index (χ0n) is 16.7. The van der Waals surface area contributed by atoms with Crippen LogP contribution in [0.1, 0.15) is 37.9 Å². The number of fused-ring (bicyclic) bond motifs is 1. The van der Waals surface area contributed by atoms with Crippen LogP contribution in [-0.2, 0) is 4.79 Å². The van der Waals surface area contributed by atoms with Crippen LogP contribution in [0.15, 0.2) is 40.3 Å². The highest BCUT2D eigenvalue weighted by Crippen LogP contribution is 2.33. The molecular formula is C21H25ClN4O2S. The van der Waals surface area contributed by atoms with Crippen molar-refractivity contribution >= 4 is 35.0 Å². The van der Waals surface area contributed by atoms with Crippen LogP contribution in [0.3, 0.4) is 0 Å². The van der Waals surface area contributed by atoms with Crippen LogP contribution in [-0.4, -0.2) is 52.3 Å². The fourth-order valence-corrected chi connectivity index (χ4v) is 5.17. The number of hydrogen-bond donors (Lipinski definition) is 0. The maximum Gasteiger partial charge on any atom is 0.254 e. The Bertz CT molecular complexity index is 969. The molecule has 0 aliphatic carbocycles. The first-order valence-electron chi connectivity index (χ1n) is 9.97. The normalized spacial score (nSPS) is 19.0. The lowest BCUT2D eigenvalue weighted by Gasteiger charge is -2.36. The van der Waals surface area contributed by atoms with Crippen LogP contribution >= 0.6 is 23.4 Å². The average molecular weight is 433 g/mol. The second kappa shape index (κ2) is 8.40. The van der Waals surface area contributed by atoms with Gasteiger partial charge in [0, 0.05) is 55.1 Å². The van der Waals surface area contributed by atoms with Crippen LogP contribution in [0.5, 0.6) is 0 Å². The molecule has 0 unspecified atom stereocenters. The van der Waals surface area contributed by atoms with Crippen molar-refractivity contribution in [2.45, 2.75) is 37.4 Å². The highest BCUT2D eigenvalue weighted by atomic mass is 35.5. The molecule has 0 saturated carbocycles. The molecule has 1 fully saturated rings.